The molecular formula is C12H12BrNO2S2. The predicted octanol–water partition coefficient (Wildman–Crippen LogP) is 3.87. The highest BCUT2D eigenvalue weighted by molar-refractivity contribution is 9.10. The van der Waals surface area contributed by atoms with Gasteiger partial charge in [-0.1, -0.05) is 0 Å². The van der Waals surface area contributed by atoms with Gasteiger partial charge in [0.1, 0.15) is 4.88 Å². The molecule has 0 saturated heterocycles. The molecule has 0 saturated carbocycles. The van der Waals surface area contributed by atoms with Gasteiger partial charge in [0.15, 0.2) is 0 Å². The number of nitrogens with one attached hydrogen (secondary N) is 1. The highest BCUT2D eigenvalue weighted by Crippen LogP contribution is 2.24. The summed E-state index contributed by atoms with van der Waals surface area (Å²) in [6.45, 7) is 3.44. The third-order valence-corrected chi connectivity index (χ3v) is 5.53. The molecule has 0 spiro atoms. The zero-order chi connectivity index (χ0) is 13.1. The standard InChI is InChI=1S/C12H12BrNO2S2/c1-7-8(4-10(18-7)12(15)16)5-14-6-11-9(13)2-3-17-11/h2-4,14H,5-6H2,1H3,(H,15,16). The number of hydrogen-bond acceptors (Lipinski definition) is 4. The Morgan fingerprint density at radius 2 is 2.28 bits per heavy atom. The van der Waals surface area contributed by atoms with Crippen molar-refractivity contribution in [2.75, 3.05) is 0 Å². The number of thiophene rings is 2. The minimum absolute atomic E-state index is 0.404. The maximum Gasteiger partial charge on any atom is 0.345 e. The van der Waals surface area contributed by atoms with E-state index in [4.69, 9.17) is 5.11 Å². The second-order valence-corrected chi connectivity index (χ2v) is 6.90. The van der Waals surface area contributed by atoms with Crippen LogP contribution in [0.4, 0.5) is 0 Å². The molecule has 0 aromatic carbocycles. The lowest BCUT2D eigenvalue weighted by Crippen LogP contribution is -2.12. The summed E-state index contributed by atoms with van der Waals surface area (Å²) in [6, 6.07) is 3.78. The van der Waals surface area contributed by atoms with E-state index in [0.717, 1.165) is 21.5 Å². The average molecular weight is 346 g/mol. The van der Waals surface area contributed by atoms with E-state index in [2.05, 4.69) is 21.2 Å². The smallest absolute Gasteiger partial charge is 0.345 e. The van der Waals surface area contributed by atoms with Gasteiger partial charge in [-0.2, -0.15) is 0 Å². The van der Waals surface area contributed by atoms with Crippen LogP contribution >= 0.6 is 38.6 Å². The molecule has 0 aliphatic carbocycles. The highest BCUT2D eigenvalue weighted by atomic mass is 79.9. The van der Waals surface area contributed by atoms with Gasteiger partial charge in [-0.3, -0.25) is 0 Å². The Labute approximate surface area is 122 Å². The Morgan fingerprint density at radius 3 is 2.83 bits per heavy atom. The van der Waals surface area contributed by atoms with Crippen LogP contribution in [0.25, 0.3) is 0 Å². The molecule has 18 heavy (non-hydrogen) atoms. The predicted molar refractivity (Wildman–Crippen MR) is 78.6 cm³/mol. The first-order chi connectivity index (χ1) is 8.58. The van der Waals surface area contributed by atoms with Crippen molar-refractivity contribution in [3.8, 4) is 0 Å². The highest BCUT2D eigenvalue weighted by Gasteiger charge is 2.10. The number of halogens is 1. The van der Waals surface area contributed by atoms with Gasteiger partial charge in [-0.25, -0.2) is 4.79 Å². The van der Waals surface area contributed by atoms with E-state index < -0.39 is 5.97 Å². The molecule has 2 heterocycles. The second-order valence-electron chi connectivity index (χ2n) is 3.79. The molecule has 0 fully saturated rings. The van der Waals surface area contributed by atoms with E-state index in [0.29, 0.717) is 11.4 Å². The zero-order valence-electron chi connectivity index (χ0n) is 9.70. The van der Waals surface area contributed by atoms with Crippen molar-refractivity contribution in [1.82, 2.24) is 5.32 Å². The molecule has 0 aliphatic rings. The largest absolute Gasteiger partial charge is 0.477 e. The molecule has 2 aromatic heterocycles. The maximum atomic E-state index is 10.9. The lowest BCUT2D eigenvalue weighted by atomic mass is 10.2. The van der Waals surface area contributed by atoms with Crippen LogP contribution in [0.5, 0.6) is 0 Å². The summed E-state index contributed by atoms with van der Waals surface area (Å²) in [6.07, 6.45) is 0. The molecule has 0 radical (unpaired) electrons. The molecule has 2 rings (SSSR count). The van der Waals surface area contributed by atoms with Crippen molar-refractivity contribution in [2.45, 2.75) is 20.0 Å². The van der Waals surface area contributed by atoms with Crippen molar-refractivity contribution in [3.05, 3.63) is 42.2 Å². The fourth-order valence-corrected chi connectivity index (χ4v) is 3.91. The van der Waals surface area contributed by atoms with Crippen LogP contribution in [-0.2, 0) is 13.1 Å². The van der Waals surface area contributed by atoms with E-state index in [1.165, 1.54) is 16.2 Å². The first kappa shape index (κ1) is 13.7. The topological polar surface area (TPSA) is 49.3 Å². The number of carboxylic acids is 1. The number of aromatic carboxylic acids is 1. The fraction of sp³-hybridized carbons (Fsp3) is 0.250. The normalized spacial score (nSPS) is 10.8. The Kier molecular flexibility index (Phi) is 4.55. The number of carbonyl (C=O) groups is 1. The molecule has 0 bridgehead atoms. The molecule has 6 heteroatoms. The van der Waals surface area contributed by atoms with Gasteiger partial charge in [-0.05, 0) is 45.9 Å². The summed E-state index contributed by atoms with van der Waals surface area (Å²) >= 11 is 6.51. The summed E-state index contributed by atoms with van der Waals surface area (Å²) < 4.78 is 1.12. The second kappa shape index (κ2) is 5.97. The van der Waals surface area contributed by atoms with E-state index in [9.17, 15) is 4.79 Å². The maximum absolute atomic E-state index is 10.9. The summed E-state index contributed by atoms with van der Waals surface area (Å²) in [5.74, 6) is -0.852. The molecule has 0 atom stereocenters. The first-order valence-electron chi connectivity index (χ1n) is 5.33. The Hall–Kier alpha value is -0.690. The Morgan fingerprint density at radius 1 is 1.50 bits per heavy atom. The van der Waals surface area contributed by atoms with Crippen molar-refractivity contribution < 1.29 is 9.90 Å². The molecule has 0 aliphatic heterocycles. The van der Waals surface area contributed by atoms with Gasteiger partial charge in [0.25, 0.3) is 0 Å². The third-order valence-electron chi connectivity index (χ3n) is 2.52. The van der Waals surface area contributed by atoms with E-state index in [1.807, 2.05) is 18.4 Å². The van der Waals surface area contributed by atoms with Crippen molar-refractivity contribution >= 4 is 44.6 Å². The summed E-state index contributed by atoms with van der Waals surface area (Å²) in [4.78, 5) is 13.6. The van der Waals surface area contributed by atoms with E-state index >= 15 is 0 Å². The molecule has 0 amide bonds. The first-order valence-corrected chi connectivity index (χ1v) is 7.82. The average Bonchev–Trinajstić information content (AvgIpc) is 2.87. The van der Waals surface area contributed by atoms with Crippen LogP contribution < -0.4 is 5.32 Å². The lowest BCUT2D eigenvalue weighted by Gasteiger charge is -2.03. The minimum atomic E-state index is -0.852. The Bertz CT molecular complexity index is 562. The number of hydrogen-bond donors (Lipinski definition) is 2. The van der Waals surface area contributed by atoms with Crippen LogP contribution in [-0.4, -0.2) is 11.1 Å². The summed E-state index contributed by atoms with van der Waals surface area (Å²) in [5, 5.41) is 14.3. The van der Waals surface area contributed by atoms with Crippen LogP contribution in [0.3, 0.4) is 0 Å². The van der Waals surface area contributed by atoms with Gasteiger partial charge < -0.3 is 10.4 Å². The molecule has 0 unspecified atom stereocenters. The van der Waals surface area contributed by atoms with Gasteiger partial charge in [0.2, 0.25) is 0 Å². The van der Waals surface area contributed by atoms with Gasteiger partial charge >= 0.3 is 5.97 Å². The van der Waals surface area contributed by atoms with Crippen LogP contribution in [0.1, 0.15) is 25.0 Å². The minimum Gasteiger partial charge on any atom is -0.477 e. The zero-order valence-corrected chi connectivity index (χ0v) is 12.9. The molecule has 96 valence electrons. The number of carboxylic acid groups (broad SMARTS) is 1. The van der Waals surface area contributed by atoms with Gasteiger partial charge in [-0.15, -0.1) is 22.7 Å². The summed E-state index contributed by atoms with van der Waals surface area (Å²) in [5.41, 5.74) is 1.06. The van der Waals surface area contributed by atoms with E-state index in [-0.39, 0.29) is 0 Å². The molecule has 2 N–H and O–H groups in total. The number of aryl methyl sites for hydroxylation is 1. The van der Waals surface area contributed by atoms with Crippen molar-refractivity contribution in [1.29, 1.82) is 0 Å². The SMILES string of the molecule is Cc1sc(C(=O)O)cc1CNCc1sccc1Br. The lowest BCUT2D eigenvalue weighted by molar-refractivity contribution is 0.0702. The van der Waals surface area contributed by atoms with Gasteiger partial charge in [0, 0.05) is 27.3 Å². The number of rotatable bonds is 5. The van der Waals surface area contributed by atoms with Crippen LogP contribution in [0.15, 0.2) is 22.0 Å². The molecule has 2 aromatic rings. The van der Waals surface area contributed by atoms with E-state index in [1.54, 1.807) is 17.4 Å². The Balaban J connectivity index is 1.94. The molecule has 3 nitrogen and oxygen atoms in total. The van der Waals surface area contributed by atoms with Crippen LogP contribution in [0.2, 0.25) is 0 Å². The fourth-order valence-electron chi connectivity index (χ4n) is 1.56. The third kappa shape index (κ3) is 3.20. The van der Waals surface area contributed by atoms with Crippen molar-refractivity contribution in [2.24, 2.45) is 0 Å². The summed E-state index contributed by atoms with van der Waals surface area (Å²) in [7, 11) is 0. The van der Waals surface area contributed by atoms with Gasteiger partial charge in [0.05, 0.1) is 0 Å². The molecular weight excluding hydrogens is 334 g/mol. The quantitative estimate of drug-likeness (QED) is 0.864. The monoisotopic (exact) mass is 345 g/mol. The van der Waals surface area contributed by atoms with Crippen LogP contribution in [0, 0.1) is 6.92 Å². The van der Waals surface area contributed by atoms with Crippen molar-refractivity contribution in [3.63, 3.8) is 0 Å².